The van der Waals surface area contributed by atoms with Gasteiger partial charge in [-0.2, -0.15) is 0 Å². The van der Waals surface area contributed by atoms with Gasteiger partial charge in [-0.3, -0.25) is 15.1 Å². The molecule has 1 fully saturated rings. The Morgan fingerprint density at radius 1 is 1.14 bits per heavy atom. The van der Waals surface area contributed by atoms with Crippen molar-refractivity contribution in [3.63, 3.8) is 0 Å². The fourth-order valence-corrected chi connectivity index (χ4v) is 3.73. The number of carboxylic acids is 1. The minimum atomic E-state index is -1.22. The molecule has 3 N–H and O–H groups in total. The monoisotopic (exact) mass is 529 g/mol. The molecule has 1 aliphatic heterocycles. The van der Waals surface area contributed by atoms with E-state index < -0.39 is 18.4 Å². The molecule has 186 valence electrons. The first-order valence-corrected chi connectivity index (χ1v) is 11.5. The number of halogens is 2. The van der Waals surface area contributed by atoms with E-state index in [2.05, 4.69) is 15.3 Å². The SMILES string of the molecule is CCN1C(=O)N/C(=N\c2ccc(Oc3ncc(C(=O)O)cc3Cl)cc2)N(Cc2ccc(Cl)cc2)C1O. The molecule has 0 radical (unpaired) electrons. The number of aromatic nitrogens is 1. The number of hydrogen-bond acceptors (Lipinski definition) is 6. The number of hydrogen-bond donors (Lipinski definition) is 3. The number of aromatic carboxylic acids is 1. The van der Waals surface area contributed by atoms with Gasteiger partial charge in [0.25, 0.3) is 0 Å². The molecule has 1 aromatic heterocycles. The highest BCUT2D eigenvalue weighted by molar-refractivity contribution is 6.32. The molecule has 2 aromatic carbocycles. The first-order chi connectivity index (χ1) is 17.2. The third kappa shape index (κ3) is 5.68. The number of urea groups is 1. The van der Waals surface area contributed by atoms with Crippen LogP contribution in [0.5, 0.6) is 11.6 Å². The number of carboxylic acid groups (broad SMARTS) is 1. The van der Waals surface area contributed by atoms with Crippen molar-refractivity contribution in [1.82, 2.24) is 20.1 Å². The van der Waals surface area contributed by atoms with Crippen LogP contribution in [-0.4, -0.2) is 55.9 Å². The van der Waals surface area contributed by atoms with Crippen molar-refractivity contribution < 1.29 is 24.5 Å². The van der Waals surface area contributed by atoms with E-state index in [0.717, 1.165) is 11.8 Å². The Hall–Kier alpha value is -3.86. The molecule has 1 atom stereocenters. The van der Waals surface area contributed by atoms with Gasteiger partial charge < -0.3 is 14.9 Å². The quantitative estimate of drug-likeness (QED) is 0.405. The minimum Gasteiger partial charge on any atom is -0.478 e. The predicted octanol–water partition coefficient (Wildman–Crippen LogP) is 4.69. The molecule has 0 aliphatic carbocycles. The van der Waals surface area contributed by atoms with Gasteiger partial charge >= 0.3 is 12.0 Å². The van der Waals surface area contributed by atoms with Gasteiger partial charge in [-0.1, -0.05) is 35.3 Å². The van der Waals surface area contributed by atoms with Gasteiger partial charge in [0.15, 0.2) is 0 Å². The van der Waals surface area contributed by atoms with E-state index in [9.17, 15) is 14.7 Å². The predicted molar refractivity (Wildman–Crippen MR) is 134 cm³/mol. The molecule has 2 amide bonds. The molecule has 0 spiro atoms. The molecule has 10 nitrogen and oxygen atoms in total. The molecule has 1 saturated heterocycles. The van der Waals surface area contributed by atoms with E-state index in [1.54, 1.807) is 48.2 Å². The van der Waals surface area contributed by atoms with Gasteiger partial charge in [0.05, 0.1) is 17.8 Å². The number of rotatable bonds is 7. The zero-order valence-electron chi connectivity index (χ0n) is 18.9. The van der Waals surface area contributed by atoms with Gasteiger partial charge in [0, 0.05) is 17.8 Å². The van der Waals surface area contributed by atoms with E-state index in [-0.39, 0.29) is 29.0 Å². The summed E-state index contributed by atoms with van der Waals surface area (Å²) >= 11 is 12.1. The number of guanidine groups is 1. The van der Waals surface area contributed by atoms with Crippen LogP contribution in [0, 0.1) is 0 Å². The number of nitrogens with zero attached hydrogens (tertiary/aromatic N) is 4. The summed E-state index contributed by atoms with van der Waals surface area (Å²) in [7, 11) is 0. The molecule has 0 saturated carbocycles. The molecule has 4 rings (SSSR count). The van der Waals surface area contributed by atoms with Crippen LogP contribution in [-0.2, 0) is 6.54 Å². The molecule has 2 heterocycles. The molecule has 36 heavy (non-hydrogen) atoms. The van der Waals surface area contributed by atoms with Crippen molar-refractivity contribution in [2.75, 3.05) is 6.54 Å². The van der Waals surface area contributed by atoms with Crippen LogP contribution in [0.25, 0.3) is 0 Å². The summed E-state index contributed by atoms with van der Waals surface area (Å²) in [4.78, 5) is 34.8. The second-order valence-electron chi connectivity index (χ2n) is 7.66. The fourth-order valence-electron chi connectivity index (χ4n) is 3.40. The van der Waals surface area contributed by atoms with Crippen LogP contribution < -0.4 is 10.1 Å². The zero-order valence-corrected chi connectivity index (χ0v) is 20.4. The van der Waals surface area contributed by atoms with E-state index in [4.69, 9.17) is 33.0 Å². The molecule has 1 unspecified atom stereocenters. The van der Waals surface area contributed by atoms with Gasteiger partial charge in [0.2, 0.25) is 18.2 Å². The average molecular weight is 530 g/mol. The zero-order chi connectivity index (χ0) is 25.8. The summed E-state index contributed by atoms with van der Waals surface area (Å²) < 4.78 is 5.64. The molecule has 0 bridgehead atoms. The molecular formula is C24H21Cl2N5O5. The summed E-state index contributed by atoms with van der Waals surface area (Å²) in [5, 5.41) is 23.2. The highest BCUT2D eigenvalue weighted by Crippen LogP contribution is 2.29. The van der Waals surface area contributed by atoms with Gasteiger partial charge in [0.1, 0.15) is 10.8 Å². The highest BCUT2D eigenvalue weighted by atomic mass is 35.5. The van der Waals surface area contributed by atoms with Crippen LogP contribution in [0.15, 0.2) is 65.8 Å². The first-order valence-electron chi connectivity index (χ1n) is 10.8. The first kappa shape index (κ1) is 25.2. The Kier molecular flexibility index (Phi) is 7.58. The summed E-state index contributed by atoms with van der Waals surface area (Å²) in [5.41, 5.74) is 1.29. The lowest BCUT2D eigenvalue weighted by atomic mass is 10.2. The molecule has 3 aromatic rings. The Labute approximate surface area is 216 Å². The van der Waals surface area contributed by atoms with Crippen molar-refractivity contribution in [2.45, 2.75) is 19.8 Å². The Bertz CT molecular complexity index is 1300. The lowest BCUT2D eigenvalue weighted by molar-refractivity contribution is -0.0670. The van der Waals surface area contributed by atoms with Crippen molar-refractivity contribution >= 4 is 46.8 Å². The molecule has 12 heteroatoms. The lowest BCUT2D eigenvalue weighted by Crippen LogP contribution is -2.65. The Morgan fingerprint density at radius 3 is 2.44 bits per heavy atom. The average Bonchev–Trinajstić information content (AvgIpc) is 2.85. The largest absolute Gasteiger partial charge is 0.478 e. The number of ether oxygens (including phenoxy) is 1. The van der Waals surface area contributed by atoms with E-state index in [0.29, 0.717) is 23.0 Å². The number of amides is 2. The van der Waals surface area contributed by atoms with Crippen molar-refractivity contribution in [3.05, 3.63) is 82.0 Å². The number of aliphatic hydroxyl groups is 1. The standard InChI is InChI=1S/C24H21Cl2N5O5/c1-2-30-23(34)29-22(31(24(30)35)13-14-3-5-16(25)6-4-14)28-17-7-9-18(10-8-17)36-20-19(26)11-15(12-27-20)21(32)33/h3-12,24,35H,2,13H2,1H3,(H,32,33)(H,28,29,34). The number of carbonyl (C=O) groups is 2. The number of aliphatic hydroxyl groups excluding tert-OH is 1. The number of pyridine rings is 1. The maximum atomic E-state index is 12.5. The Balaban J connectivity index is 1.56. The van der Waals surface area contributed by atoms with Crippen molar-refractivity contribution in [1.29, 1.82) is 0 Å². The summed E-state index contributed by atoms with van der Waals surface area (Å²) in [5.74, 6) is -0.530. The minimum absolute atomic E-state index is 0.0523. The number of benzene rings is 2. The highest BCUT2D eigenvalue weighted by Gasteiger charge is 2.35. The number of carbonyl (C=O) groups excluding carboxylic acids is 1. The Morgan fingerprint density at radius 2 is 1.83 bits per heavy atom. The third-order valence-corrected chi connectivity index (χ3v) is 5.78. The van der Waals surface area contributed by atoms with E-state index in [1.807, 2.05) is 12.1 Å². The van der Waals surface area contributed by atoms with Crippen LogP contribution in [0.3, 0.4) is 0 Å². The van der Waals surface area contributed by atoms with E-state index >= 15 is 0 Å². The number of nitrogens with one attached hydrogen (secondary N) is 1. The van der Waals surface area contributed by atoms with Crippen LogP contribution in [0.4, 0.5) is 10.5 Å². The van der Waals surface area contributed by atoms with Crippen LogP contribution in [0.2, 0.25) is 10.0 Å². The lowest BCUT2D eigenvalue weighted by Gasteiger charge is -2.41. The van der Waals surface area contributed by atoms with Crippen LogP contribution in [0.1, 0.15) is 22.8 Å². The summed E-state index contributed by atoms with van der Waals surface area (Å²) in [6.45, 7) is 2.33. The second kappa shape index (κ2) is 10.8. The topological polar surface area (TPSA) is 128 Å². The fraction of sp³-hybridized carbons (Fsp3) is 0.167. The van der Waals surface area contributed by atoms with Gasteiger partial charge in [-0.05, 0) is 55.0 Å². The van der Waals surface area contributed by atoms with Gasteiger partial charge in [-0.25, -0.2) is 19.6 Å². The summed E-state index contributed by atoms with van der Waals surface area (Å²) in [6, 6.07) is 14.4. The molecular weight excluding hydrogens is 509 g/mol. The maximum absolute atomic E-state index is 12.5. The van der Waals surface area contributed by atoms with Crippen molar-refractivity contribution in [2.24, 2.45) is 4.99 Å². The van der Waals surface area contributed by atoms with E-state index in [1.165, 1.54) is 11.0 Å². The number of aliphatic imine (C=N–C) groups is 1. The van der Waals surface area contributed by atoms with Gasteiger partial charge in [-0.15, -0.1) is 0 Å². The third-order valence-electron chi connectivity index (χ3n) is 5.26. The van der Waals surface area contributed by atoms with Crippen LogP contribution >= 0.6 is 23.2 Å². The maximum Gasteiger partial charge on any atom is 0.337 e. The summed E-state index contributed by atoms with van der Waals surface area (Å²) in [6.07, 6.45) is -0.0710. The second-order valence-corrected chi connectivity index (χ2v) is 8.51. The smallest absolute Gasteiger partial charge is 0.337 e. The van der Waals surface area contributed by atoms with Crippen molar-refractivity contribution in [3.8, 4) is 11.6 Å². The molecule has 1 aliphatic rings. The normalized spacial score (nSPS) is 16.7.